The van der Waals surface area contributed by atoms with Gasteiger partial charge in [-0.1, -0.05) is 28.1 Å². The molecule has 118 valence electrons. The molecule has 2 aromatic carbocycles. The summed E-state index contributed by atoms with van der Waals surface area (Å²) in [6.45, 7) is 0. The van der Waals surface area contributed by atoms with Crippen LogP contribution in [0, 0.1) is 0 Å². The van der Waals surface area contributed by atoms with Crippen molar-refractivity contribution in [1.29, 1.82) is 0 Å². The van der Waals surface area contributed by atoms with Gasteiger partial charge < -0.3 is 10.1 Å². The average molecular weight is 393 g/mol. The number of para-hydroxylation sites is 2. The average Bonchev–Trinajstić information content (AvgIpc) is 2.83. The van der Waals surface area contributed by atoms with E-state index in [1.807, 2.05) is 12.1 Å². The molecule has 0 radical (unpaired) electrons. The van der Waals surface area contributed by atoms with Gasteiger partial charge in [-0.3, -0.25) is 9.59 Å². The molecule has 3 rings (SSSR count). The summed E-state index contributed by atoms with van der Waals surface area (Å²) < 4.78 is 6.14. The van der Waals surface area contributed by atoms with E-state index in [1.54, 1.807) is 43.5 Å². The van der Waals surface area contributed by atoms with Crippen molar-refractivity contribution in [3.05, 3.63) is 53.0 Å². The predicted molar refractivity (Wildman–Crippen MR) is 95.0 cm³/mol. The fourth-order valence-corrected chi connectivity index (χ4v) is 3.39. The van der Waals surface area contributed by atoms with Crippen LogP contribution in [0.2, 0.25) is 0 Å². The summed E-state index contributed by atoms with van der Waals surface area (Å²) in [6, 6.07) is 14.3. The van der Waals surface area contributed by atoms with Gasteiger partial charge in [-0.15, -0.1) is 0 Å². The SMILES string of the molecule is COc1ccccc1N[C@H]1SC(=O)N(c2ccc(Br)cc2)C1=O. The number of hydrogen-bond acceptors (Lipinski definition) is 5. The lowest BCUT2D eigenvalue weighted by molar-refractivity contribution is -0.116. The molecule has 1 N–H and O–H groups in total. The van der Waals surface area contributed by atoms with Crippen molar-refractivity contribution in [1.82, 2.24) is 0 Å². The molecule has 7 heteroatoms. The number of ether oxygens (including phenoxy) is 1. The highest BCUT2D eigenvalue weighted by Gasteiger charge is 2.41. The van der Waals surface area contributed by atoms with Crippen LogP contribution in [0.15, 0.2) is 53.0 Å². The lowest BCUT2D eigenvalue weighted by Crippen LogP contribution is -2.34. The van der Waals surface area contributed by atoms with Gasteiger partial charge in [-0.25, -0.2) is 4.90 Å². The maximum Gasteiger partial charge on any atom is 0.295 e. The van der Waals surface area contributed by atoms with Gasteiger partial charge in [0.05, 0.1) is 18.5 Å². The number of carbonyl (C=O) groups is 2. The van der Waals surface area contributed by atoms with Crippen molar-refractivity contribution >= 4 is 50.2 Å². The van der Waals surface area contributed by atoms with Crippen molar-refractivity contribution < 1.29 is 14.3 Å². The maximum absolute atomic E-state index is 12.6. The van der Waals surface area contributed by atoms with Gasteiger partial charge in [0.1, 0.15) is 5.75 Å². The second-order valence-corrected chi connectivity index (χ2v) is 6.73. The lowest BCUT2D eigenvalue weighted by atomic mass is 10.2. The van der Waals surface area contributed by atoms with E-state index >= 15 is 0 Å². The molecule has 1 atom stereocenters. The van der Waals surface area contributed by atoms with Gasteiger partial charge >= 0.3 is 0 Å². The third kappa shape index (κ3) is 3.20. The van der Waals surface area contributed by atoms with Crippen molar-refractivity contribution in [3.63, 3.8) is 0 Å². The number of halogens is 1. The monoisotopic (exact) mass is 392 g/mol. The molecule has 23 heavy (non-hydrogen) atoms. The number of methoxy groups -OCH3 is 1. The second-order valence-electron chi connectivity index (χ2n) is 4.76. The van der Waals surface area contributed by atoms with Gasteiger partial charge in [0.2, 0.25) is 0 Å². The van der Waals surface area contributed by atoms with Crippen molar-refractivity contribution in [3.8, 4) is 5.75 Å². The van der Waals surface area contributed by atoms with Crippen molar-refractivity contribution in [2.24, 2.45) is 0 Å². The van der Waals surface area contributed by atoms with Crippen LogP contribution in [-0.4, -0.2) is 23.6 Å². The highest BCUT2D eigenvalue weighted by Crippen LogP contribution is 2.34. The summed E-state index contributed by atoms with van der Waals surface area (Å²) in [5.74, 6) is 0.323. The standard InChI is InChI=1S/C16H13BrN2O3S/c1-22-13-5-3-2-4-12(13)18-14-15(20)19(16(21)23-14)11-8-6-10(17)7-9-11/h2-9,14,18H,1H3/t14-/m0/s1. The van der Waals surface area contributed by atoms with Gasteiger partial charge in [-0.05, 0) is 48.2 Å². The molecule has 5 nitrogen and oxygen atoms in total. The number of rotatable bonds is 4. The highest BCUT2D eigenvalue weighted by atomic mass is 79.9. The molecule has 0 aliphatic carbocycles. The van der Waals surface area contributed by atoms with Crippen molar-refractivity contribution in [2.75, 3.05) is 17.3 Å². The summed E-state index contributed by atoms with van der Waals surface area (Å²) in [5, 5.41) is 2.09. The number of hydrogen-bond donors (Lipinski definition) is 1. The number of carbonyl (C=O) groups excluding carboxylic acids is 2. The zero-order valence-corrected chi connectivity index (χ0v) is 14.6. The van der Waals surface area contributed by atoms with E-state index in [9.17, 15) is 9.59 Å². The number of nitrogens with one attached hydrogen (secondary N) is 1. The first-order chi connectivity index (χ1) is 11.1. The number of amides is 2. The molecular weight excluding hydrogens is 380 g/mol. The Morgan fingerprint density at radius 3 is 2.52 bits per heavy atom. The number of benzene rings is 2. The predicted octanol–water partition coefficient (Wildman–Crippen LogP) is 4.10. The Labute approximate surface area is 146 Å². The van der Waals surface area contributed by atoms with Gasteiger partial charge in [0.25, 0.3) is 11.1 Å². The Morgan fingerprint density at radius 2 is 1.83 bits per heavy atom. The summed E-state index contributed by atoms with van der Waals surface area (Å²) in [7, 11) is 1.56. The van der Waals surface area contributed by atoms with Crippen LogP contribution in [0.1, 0.15) is 0 Å². The Morgan fingerprint density at radius 1 is 1.13 bits per heavy atom. The molecule has 1 fully saturated rings. The first-order valence-electron chi connectivity index (χ1n) is 6.80. The molecule has 1 heterocycles. The molecule has 1 aliphatic heterocycles. The topological polar surface area (TPSA) is 58.6 Å². The Kier molecular flexibility index (Phi) is 4.58. The lowest BCUT2D eigenvalue weighted by Gasteiger charge is -2.16. The second kappa shape index (κ2) is 6.64. The minimum absolute atomic E-state index is 0.298. The van der Waals surface area contributed by atoms with Crippen LogP contribution in [-0.2, 0) is 4.79 Å². The number of thioether (sulfide) groups is 1. The van der Waals surface area contributed by atoms with E-state index in [-0.39, 0.29) is 11.1 Å². The maximum atomic E-state index is 12.6. The third-order valence-corrected chi connectivity index (χ3v) is 4.79. The van der Waals surface area contributed by atoms with E-state index in [0.29, 0.717) is 17.1 Å². The van der Waals surface area contributed by atoms with Crippen LogP contribution in [0.5, 0.6) is 5.75 Å². The minimum Gasteiger partial charge on any atom is -0.495 e. The van der Waals surface area contributed by atoms with Crippen LogP contribution in [0.3, 0.4) is 0 Å². The zero-order valence-electron chi connectivity index (χ0n) is 12.2. The van der Waals surface area contributed by atoms with Gasteiger partial charge in [0.15, 0.2) is 5.37 Å². The minimum atomic E-state index is -0.678. The fraction of sp³-hybridized carbons (Fsp3) is 0.125. The quantitative estimate of drug-likeness (QED) is 0.848. The third-order valence-electron chi connectivity index (χ3n) is 3.32. The van der Waals surface area contributed by atoms with E-state index < -0.39 is 5.37 Å². The molecular formula is C16H13BrN2O3S. The molecule has 2 amide bonds. The molecule has 0 unspecified atom stereocenters. The molecule has 1 saturated heterocycles. The summed E-state index contributed by atoms with van der Waals surface area (Å²) in [6.07, 6.45) is 0. The first kappa shape index (κ1) is 15.9. The zero-order chi connectivity index (χ0) is 16.4. The first-order valence-corrected chi connectivity index (χ1v) is 8.47. The van der Waals surface area contributed by atoms with E-state index in [1.165, 1.54) is 4.90 Å². The van der Waals surface area contributed by atoms with Crippen LogP contribution in [0.4, 0.5) is 16.2 Å². The Bertz CT molecular complexity index is 751. The smallest absolute Gasteiger partial charge is 0.295 e. The number of anilines is 2. The van der Waals surface area contributed by atoms with Gasteiger partial charge in [0, 0.05) is 4.47 Å². The number of nitrogens with zero attached hydrogens (tertiary/aromatic N) is 1. The molecule has 2 aromatic rings. The molecule has 0 saturated carbocycles. The molecule has 0 aromatic heterocycles. The molecule has 1 aliphatic rings. The largest absolute Gasteiger partial charge is 0.495 e. The molecule has 0 spiro atoms. The Hall–Kier alpha value is -1.99. The summed E-state index contributed by atoms with van der Waals surface area (Å²) >= 11 is 4.29. The van der Waals surface area contributed by atoms with E-state index in [4.69, 9.17) is 4.74 Å². The fourth-order valence-electron chi connectivity index (χ4n) is 2.23. The van der Waals surface area contributed by atoms with Crippen LogP contribution >= 0.6 is 27.7 Å². The molecule has 0 bridgehead atoms. The summed E-state index contributed by atoms with van der Waals surface area (Å²) in [5.41, 5.74) is 1.23. The van der Waals surface area contributed by atoms with E-state index in [0.717, 1.165) is 16.2 Å². The normalized spacial score (nSPS) is 17.5. The Balaban J connectivity index is 1.82. The number of imide groups is 1. The highest BCUT2D eigenvalue weighted by molar-refractivity contribution is 9.10. The van der Waals surface area contributed by atoms with Gasteiger partial charge in [-0.2, -0.15) is 0 Å². The van der Waals surface area contributed by atoms with Crippen molar-refractivity contribution in [2.45, 2.75) is 5.37 Å². The van der Waals surface area contributed by atoms with Crippen LogP contribution in [0.25, 0.3) is 0 Å². The summed E-state index contributed by atoms with van der Waals surface area (Å²) in [4.78, 5) is 26.0. The van der Waals surface area contributed by atoms with Crippen LogP contribution < -0.4 is 15.0 Å². The van der Waals surface area contributed by atoms with E-state index in [2.05, 4.69) is 21.2 Å².